The van der Waals surface area contributed by atoms with Crippen molar-refractivity contribution in [3.05, 3.63) is 11.0 Å². The topological polar surface area (TPSA) is 20.2 Å². The molecule has 1 rings (SSSR count). The summed E-state index contributed by atoms with van der Waals surface area (Å²) in [6, 6.07) is 0. The molecule has 0 aromatic rings. The fraction of sp³-hybridized carbons (Fsp3) is 0.857. The van der Waals surface area contributed by atoms with Crippen molar-refractivity contribution < 1.29 is 5.11 Å². The van der Waals surface area contributed by atoms with E-state index < -0.39 is 18.9 Å². The van der Waals surface area contributed by atoms with Crippen molar-refractivity contribution in [3.63, 3.8) is 0 Å². The molecule has 0 saturated heterocycles. The summed E-state index contributed by atoms with van der Waals surface area (Å²) in [5.74, 6) is 0. The zero-order chi connectivity index (χ0) is 12.1. The van der Waals surface area contributed by atoms with E-state index in [1.165, 1.54) is 35.0 Å². The Morgan fingerprint density at radius 3 is 1.94 bits per heavy atom. The minimum absolute atomic E-state index is 0.450. The van der Waals surface area contributed by atoms with Gasteiger partial charge in [-0.25, -0.2) is 0 Å². The normalized spacial score (nSPS) is 21.5. The van der Waals surface area contributed by atoms with Gasteiger partial charge in [-0.3, -0.25) is 0 Å². The second-order valence-corrected chi connectivity index (χ2v) is 16.3. The summed E-state index contributed by atoms with van der Waals surface area (Å²) in [4.78, 5) is 2.49. The Morgan fingerprint density at radius 1 is 1.00 bits per heavy atom. The second-order valence-electron chi connectivity index (χ2n) is 5.42. The van der Waals surface area contributed by atoms with Crippen LogP contribution in [0.15, 0.2) is 11.0 Å². The van der Waals surface area contributed by atoms with Gasteiger partial charge in [0.1, 0.15) is 0 Å². The number of hydrogen-bond acceptors (Lipinski definition) is 1. The van der Waals surface area contributed by atoms with Crippen LogP contribution in [-0.2, 0) is 0 Å². The van der Waals surface area contributed by atoms with Crippen molar-refractivity contribution in [1.29, 1.82) is 0 Å². The van der Waals surface area contributed by atoms with E-state index in [1.807, 2.05) is 0 Å². The van der Waals surface area contributed by atoms with Gasteiger partial charge >= 0.3 is 104 Å². The van der Waals surface area contributed by atoms with Crippen LogP contribution in [0.4, 0.5) is 0 Å². The maximum absolute atomic E-state index is 10.5. The van der Waals surface area contributed by atoms with E-state index in [0.29, 0.717) is 0 Å². The molecule has 0 atom stereocenters. The quantitative estimate of drug-likeness (QED) is 0.747. The molecule has 0 aliphatic heterocycles. The van der Waals surface area contributed by atoms with Crippen molar-refractivity contribution in [3.8, 4) is 0 Å². The van der Waals surface area contributed by atoms with E-state index in [-0.39, 0.29) is 0 Å². The van der Waals surface area contributed by atoms with E-state index in [1.54, 1.807) is 0 Å². The van der Waals surface area contributed by atoms with E-state index in [0.717, 1.165) is 12.8 Å². The summed E-state index contributed by atoms with van der Waals surface area (Å²) >= 11 is -1.71. The second kappa shape index (κ2) is 6.25. The number of aliphatic hydroxyl groups is 1. The molecule has 1 fully saturated rings. The summed E-state index contributed by atoms with van der Waals surface area (Å²) in [6.45, 7) is 7.01. The molecule has 0 aromatic carbocycles. The molecule has 0 amide bonds. The van der Waals surface area contributed by atoms with Gasteiger partial charge in [0.25, 0.3) is 0 Å². The molecule has 0 radical (unpaired) electrons. The Labute approximate surface area is 104 Å². The first-order valence-corrected chi connectivity index (χ1v) is 12.7. The van der Waals surface area contributed by atoms with Crippen molar-refractivity contribution in [1.82, 2.24) is 0 Å². The van der Waals surface area contributed by atoms with Crippen LogP contribution in [0.25, 0.3) is 0 Å². The van der Waals surface area contributed by atoms with Crippen LogP contribution in [-0.4, -0.2) is 24.0 Å². The Balaban J connectivity index is 2.68. The molecule has 0 heterocycles. The average molecular weight is 285 g/mol. The van der Waals surface area contributed by atoms with Gasteiger partial charge in [-0.2, -0.15) is 0 Å². The molecule has 1 saturated carbocycles. The first kappa shape index (κ1) is 14.3. The number of hydrogen-bond donors (Lipinski definition) is 1. The van der Waals surface area contributed by atoms with Crippen LogP contribution in [0.2, 0.25) is 15.8 Å². The van der Waals surface area contributed by atoms with Crippen LogP contribution in [0.5, 0.6) is 0 Å². The van der Waals surface area contributed by atoms with Gasteiger partial charge in [0.15, 0.2) is 0 Å². The van der Waals surface area contributed by atoms with Crippen molar-refractivity contribution in [2.75, 3.05) is 0 Å². The van der Waals surface area contributed by atoms with E-state index in [2.05, 4.69) is 31.8 Å². The molecule has 16 heavy (non-hydrogen) atoms. The zero-order valence-corrected chi connectivity index (χ0v) is 13.4. The SMILES string of the molecule is C[CH2][Ge](/[CH]=C/C1(O)CCCCC1)([CH2]C)[CH2]C. The maximum atomic E-state index is 10.5. The fourth-order valence-corrected chi connectivity index (χ4v) is 8.79. The standard InChI is InChI=1S/C14H28GeO/c1-4-15(5-2,6-3)13-12-14(16)10-8-7-9-11-14/h12-13,16H,4-11H2,1-3H3/b13-12+. The molecule has 0 bridgehead atoms. The Hall–Kier alpha value is 0.243. The summed E-state index contributed by atoms with van der Waals surface area (Å²) in [6.07, 6.45) is 7.87. The summed E-state index contributed by atoms with van der Waals surface area (Å²) < 4.78 is 0. The molecule has 1 nitrogen and oxygen atoms in total. The van der Waals surface area contributed by atoms with Gasteiger partial charge in [0.2, 0.25) is 0 Å². The third-order valence-electron chi connectivity index (χ3n) is 4.58. The summed E-state index contributed by atoms with van der Waals surface area (Å²) in [5.41, 5.74) is -0.450. The first-order chi connectivity index (χ1) is 7.60. The molecule has 94 valence electrons. The zero-order valence-electron chi connectivity index (χ0n) is 11.3. The van der Waals surface area contributed by atoms with Gasteiger partial charge in [-0.05, 0) is 0 Å². The molecular weight excluding hydrogens is 257 g/mol. The number of rotatable bonds is 5. The van der Waals surface area contributed by atoms with Crippen molar-refractivity contribution in [2.24, 2.45) is 0 Å². The van der Waals surface area contributed by atoms with Gasteiger partial charge < -0.3 is 0 Å². The van der Waals surface area contributed by atoms with Crippen LogP contribution >= 0.6 is 0 Å². The predicted molar refractivity (Wildman–Crippen MR) is 74.4 cm³/mol. The molecule has 0 spiro atoms. The molecular formula is C14H28GeO. The van der Waals surface area contributed by atoms with Gasteiger partial charge in [-0.1, -0.05) is 0 Å². The van der Waals surface area contributed by atoms with E-state index in [4.69, 9.17) is 0 Å². The molecule has 1 N–H and O–H groups in total. The summed E-state index contributed by atoms with van der Waals surface area (Å²) in [7, 11) is 0. The van der Waals surface area contributed by atoms with Gasteiger partial charge in [-0.15, -0.1) is 0 Å². The monoisotopic (exact) mass is 286 g/mol. The van der Waals surface area contributed by atoms with Crippen LogP contribution in [0.3, 0.4) is 0 Å². The minimum atomic E-state index is -1.71. The Morgan fingerprint density at radius 2 is 1.50 bits per heavy atom. The van der Waals surface area contributed by atoms with Gasteiger partial charge in [0.05, 0.1) is 0 Å². The Bertz CT molecular complexity index is 217. The molecule has 2 heteroatoms. The van der Waals surface area contributed by atoms with Crippen LogP contribution < -0.4 is 0 Å². The van der Waals surface area contributed by atoms with Crippen LogP contribution in [0, 0.1) is 0 Å². The third-order valence-corrected chi connectivity index (χ3v) is 15.3. The van der Waals surface area contributed by atoms with Gasteiger partial charge in [0, 0.05) is 0 Å². The van der Waals surface area contributed by atoms with E-state index >= 15 is 0 Å². The van der Waals surface area contributed by atoms with E-state index in [9.17, 15) is 5.11 Å². The van der Waals surface area contributed by atoms with Crippen molar-refractivity contribution in [2.45, 2.75) is 74.2 Å². The fourth-order valence-electron chi connectivity index (χ4n) is 2.77. The molecule has 0 unspecified atom stereocenters. The predicted octanol–water partition coefficient (Wildman–Crippen LogP) is 4.29. The summed E-state index contributed by atoms with van der Waals surface area (Å²) in [5, 5.41) is 14.5. The third kappa shape index (κ3) is 3.63. The molecule has 1 aliphatic carbocycles. The van der Waals surface area contributed by atoms with Crippen molar-refractivity contribution >= 4 is 13.3 Å². The average Bonchev–Trinajstić information content (AvgIpc) is 2.33. The molecule has 0 aromatic heterocycles. The Kier molecular flexibility index (Phi) is 5.59. The molecule has 1 aliphatic rings. The van der Waals surface area contributed by atoms with Crippen LogP contribution in [0.1, 0.15) is 52.9 Å². The first-order valence-electron chi connectivity index (χ1n) is 7.02.